The standard InChI is InChI=1S/C9H8BrFO2/c1-5-2-6(8(13)4-10)3-7(12)9(5)11/h2-3,12H,4H2,1H3. The zero-order valence-electron chi connectivity index (χ0n) is 6.97. The maximum absolute atomic E-state index is 12.9. The number of aryl methyl sites for hydroxylation is 1. The number of rotatable bonds is 2. The van der Waals surface area contributed by atoms with Crippen LogP contribution in [0.3, 0.4) is 0 Å². The summed E-state index contributed by atoms with van der Waals surface area (Å²) in [5.74, 6) is -1.34. The number of phenolic OH excluding ortho intramolecular Hbond substituents is 1. The molecule has 0 saturated carbocycles. The lowest BCUT2D eigenvalue weighted by atomic mass is 10.1. The van der Waals surface area contributed by atoms with E-state index in [4.69, 9.17) is 5.11 Å². The molecule has 0 spiro atoms. The largest absolute Gasteiger partial charge is 0.505 e. The molecular weight excluding hydrogens is 239 g/mol. The maximum Gasteiger partial charge on any atom is 0.173 e. The van der Waals surface area contributed by atoms with Gasteiger partial charge in [-0.2, -0.15) is 0 Å². The molecule has 0 unspecified atom stereocenters. The molecule has 0 fully saturated rings. The van der Waals surface area contributed by atoms with Crippen LogP contribution in [0.1, 0.15) is 15.9 Å². The maximum atomic E-state index is 12.9. The number of alkyl halides is 1. The van der Waals surface area contributed by atoms with E-state index < -0.39 is 11.6 Å². The summed E-state index contributed by atoms with van der Waals surface area (Å²) >= 11 is 2.99. The molecule has 1 N–H and O–H groups in total. The van der Waals surface area contributed by atoms with Gasteiger partial charge in [0.15, 0.2) is 17.3 Å². The van der Waals surface area contributed by atoms with Crippen molar-refractivity contribution in [3.8, 4) is 5.75 Å². The Morgan fingerprint density at radius 3 is 2.69 bits per heavy atom. The number of benzene rings is 1. The van der Waals surface area contributed by atoms with Crippen molar-refractivity contribution in [1.29, 1.82) is 0 Å². The van der Waals surface area contributed by atoms with Crippen LogP contribution in [0.15, 0.2) is 12.1 Å². The third-order valence-corrected chi connectivity index (χ3v) is 2.19. The molecule has 0 aliphatic heterocycles. The van der Waals surface area contributed by atoms with E-state index in [1.165, 1.54) is 13.0 Å². The minimum absolute atomic E-state index is 0.164. The molecule has 1 aromatic rings. The number of phenols is 1. The molecular formula is C9H8BrFO2. The molecule has 0 heterocycles. The van der Waals surface area contributed by atoms with E-state index in [0.717, 1.165) is 6.07 Å². The summed E-state index contributed by atoms with van der Waals surface area (Å²) in [5.41, 5.74) is 0.581. The first-order valence-electron chi connectivity index (χ1n) is 3.64. The second-order valence-electron chi connectivity index (χ2n) is 2.68. The highest BCUT2D eigenvalue weighted by atomic mass is 79.9. The van der Waals surface area contributed by atoms with Crippen LogP contribution < -0.4 is 0 Å². The molecule has 1 rings (SSSR count). The molecule has 0 saturated heterocycles. The van der Waals surface area contributed by atoms with Crippen LogP contribution in [-0.2, 0) is 0 Å². The van der Waals surface area contributed by atoms with Gasteiger partial charge in [-0.3, -0.25) is 4.79 Å². The van der Waals surface area contributed by atoms with Gasteiger partial charge in [-0.15, -0.1) is 0 Å². The van der Waals surface area contributed by atoms with E-state index in [-0.39, 0.29) is 16.7 Å². The lowest BCUT2D eigenvalue weighted by Crippen LogP contribution is -2.01. The van der Waals surface area contributed by atoms with Crippen molar-refractivity contribution in [1.82, 2.24) is 0 Å². The van der Waals surface area contributed by atoms with Crippen molar-refractivity contribution in [2.24, 2.45) is 0 Å². The molecule has 0 aromatic heterocycles. The number of Topliss-reactive ketones (excluding diaryl/α,β-unsaturated/α-hetero) is 1. The first-order chi connectivity index (χ1) is 6.06. The number of hydrogen-bond acceptors (Lipinski definition) is 2. The van der Waals surface area contributed by atoms with Gasteiger partial charge < -0.3 is 5.11 Å². The van der Waals surface area contributed by atoms with Crippen LogP contribution in [0.5, 0.6) is 5.75 Å². The summed E-state index contributed by atoms with van der Waals surface area (Å²) in [6.07, 6.45) is 0. The highest BCUT2D eigenvalue weighted by Gasteiger charge is 2.10. The quantitative estimate of drug-likeness (QED) is 0.643. The molecule has 0 aliphatic carbocycles. The topological polar surface area (TPSA) is 37.3 Å². The highest BCUT2D eigenvalue weighted by molar-refractivity contribution is 9.09. The second kappa shape index (κ2) is 3.87. The van der Waals surface area contributed by atoms with Gasteiger partial charge >= 0.3 is 0 Å². The van der Waals surface area contributed by atoms with Crippen LogP contribution >= 0.6 is 15.9 Å². The summed E-state index contributed by atoms with van der Waals surface area (Å²) in [7, 11) is 0. The SMILES string of the molecule is Cc1cc(C(=O)CBr)cc(O)c1F. The predicted octanol–water partition coefficient (Wildman–Crippen LogP) is 2.42. The van der Waals surface area contributed by atoms with E-state index in [2.05, 4.69) is 15.9 Å². The zero-order valence-corrected chi connectivity index (χ0v) is 8.56. The molecule has 1 aromatic carbocycles. The van der Waals surface area contributed by atoms with Crippen LogP contribution in [0, 0.1) is 12.7 Å². The smallest absolute Gasteiger partial charge is 0.173 e. The van der Waals surface area contributed by atoms with E-state index in [9.17, 15) is 9.18 Å². The van der Waals surface area contributed by atoms with Gasteiger partial charge in [0.2, 0.25) is 0 Å². The van der Waals surface area contributed by atoms with Crippen LogP contribution in [0.4, 0.5) is 4.39 Å². The van der Waals surface area contributed by atoms with E-state index >= 15 is 0 Å². The number of halogens is 2. The Morgan fingerprint density at radius 1 is 1.62 bits per heavy atom. The second-order valence-corrected chi connectivity index (χ2v) is 3.24. The number of hydrogen-bond donors (Lipinski definition) is 1. The van der Waals surface area contributed by atoms with Gasteiger partial charge in [-0.25, -0.2) is 4.39 Å². The molecule has 0 bridgehead atoms. The minimum Gasteiger partial charge on any atom is -0.505 e. The van der Waals surface area contributed by atoms with Crippen molar-refractivity contribution in [2.75, 3.05) is 5.33 Å². The average Bonchev–Trinajstić information content (AvgIpc) is 2.12. The van der Waals surface area contributed by atoms with Gasteiger partial charge in [-0.1, -0.05) is 15.9 Å². The number of ketones is 1. The highest BCUT2D eigenvalue weighted by Crippen LogP contribution is 2.21. The molecule has 2 nitrogen and oxygen atoms in total. The summed E-state index contributed by atoms with van der Waals surface area (Å²) in [6.45, 7) is 1.50. The van der Waals surface area contributed by atoms with Gasteiger partial charge in [-0.05, 0) is 24.6 Å². The summed E-state index contributed by atoms with van der Waals surface area (Å²) < 4.78 is 12.9. The molecule has 0 amide bonds. The normalized spacial score (nSPS) is 10.1. The Labute approximate surface area is 83.5 Å². The summed E-state index contributed by atoms with van der Waals surface area (Å²) in [4.78, 5) is 11.1. The van der Waals surface area contributed by atoms with Crippen LogP contribution in [0.25, 0.3) is 0 Å². The lowest BCUT2D eigenvalue weighted by Gasteiger charge is -2.02. The van der Waals surface area contributed by atoms with Gasteiger partial charge in [0.1, 0.15) is 0 Å². The monoisotopic (exact) mass is 246 g/mol. The molecule has 0 aliphatic rings. The predicted molar refractivity (Wildman–Crippen MR) is 50.9 cm³/mol. The third-order valence-electron chi connectivity index (χ3n) is 1.68. The molecule has 13 heavy (non-hydrogen) atoms. The zero-order chi connectivity index (χ0) is 10.0. The van der Waals surface area contributed by atoms with Gasteiger partial charge in [0.05, 0.1) is 5.33 Å². The van der Waals surface area contributed by atoms with Crippen molar-refractivity contribution in [3.63, 3.8) is 0 Å². The van der Waals surface area contributed by atoms with Crippen LogP contribution in [-0.4, -0.2) is 16.2 Å². The summed E-state index contributed by atoms with van der Waals surface area (Å²) in [6, 6.07) is 2.55. The van der Waals surface area contributed by atoms with Crippen LogP contribution in [0.2, 0.25) is 0 Å². The number of carbonyl (C=O) groups excluding carboxylic acids is 1. The minimum atomic E-state index is -0.675. The first-order valence-corrected chi connectivity index (χ1v) is 4.76. The fraction of sp³-hybridized carbons (Fsp3) is 0.222. The number of carbonyl (C=O) groups is 1. The number of aromatic hydroxyl groups is 1. The van der Waals surface area contributed by atoms with Crippen molar-refractivity contribution < 1.29 is 14.3 Å². The lowest BCUT2D eigenvalue weighted by molar-refractivity contribution is 0.102. The Bertz CT molecular complexity index is 326. The van der Waals surface area contributed by atoms with Crippen molar-refractivity contribution >= 4 is 21.7 Å². The Morgan fingerprint density at radius 2 is 2.23 bits per heavy atom. The van der Waals surface area contributed by atoms with Gasteiger partial charge in [0.25, 0.3) is 0 Å². The first kappa shape index (κ1) is 10.2. The molecule has 4 heteroatoms. The molecule has 70 valence electrons. The Balaban J connectivity index is 3.20. The van der Waals surface area contributed by atoms with E-state index in [0.29, 0.717) is 5.56 Å². The molecule has 0 radical (unpaired) electrons. The summed E-state index contributed by atoms with van der Waals surface area (Å²) in [5, 5.41) is 9.25. The van der Waals surface area contributed by atoms with E-state index in [1.807, 2.05) is 0 Å². The average molecular weight is 247 g/mol. The Hall–Kier alpha value is -0.900. The van der Waals surface area contributed by atoms with Crippen molar-refractivity contribution in [3.05, 3.63) is 29.1 Å². The van der Waals surface area contributed by atoms with E-state index in [1.54, 1.807) is 0 Å². The molecule has 0 atom stereocenters. The fourth-order valence-electron chi connectivity index (χ4n) is 0.989. The fourth-order valence-corrected chi connectivity index (χ4v) is 1.31. The van der Waals surface area contributed by atoms with Crippen molar-refractivity contribution in [2.45, 2.75) is 6.92 Å². The van der Waals surface area contributed by atoms with Gasteiger partial charge in [0, 0.05) is 5.56 Å². The Kier molecular flexibility index (Phi) is 3.03. The third kappa shape index (κ3) is 2.06.